The quantitative estimate of drug-likeness (QED) is 0.769. The average Bonchev–Trinajstić information content (AvgIpc) is 2.44. The molecule has 1 heteroatoms. The summed E-state index contributed by atoms with van der Waals surface area (Å²) in [5, 5.41) is 12.9. The first-order valence-electron chi connectivity index (χ1n) is 7.46. The molecule has 0 bridgehead atoms. The molecule has 2 aromatic carbocycles. The molecule has 1 N–H and O–H groups in total. The molecule has 1 atom stereocenters. The molecule has 2 aromatic rings. The Balaban J connectivity index is 2.50. The van der Waals surface area contributed by atoms with E-state index in [-0.39, 0.29) is 6.10 Å². The molecule has 0 saturated heterocycles. The summed E-state index contributed by atoms with van der Waals surface area (Å²) in [6, 6.07) is 12.8. The lowest BCUT2D eigenvalue weighted by Gasteiger charge is -2.18. The monoisotopic (exact) mass is 256 g/mol. The van der Waals surface area contributed by atoms with E-state index < -0.39 is 0 Å². The highest BCUT2D eigenvalue weighted by Gasteiger charge is 2.14. The molecule has 0 aliphatic carbocycles. The summed E-state index contributed by atoms with van der Waals surface area (Å²) in [7, 11) is 0. The molecule has 0 fully saturated rings. The van der Waals surface area contributed by atoms with Crippen molar-refractivity contribution >= 4 is 10.8 Å². The molecule has 0 spiro atoms. The van der Waals surface area contributed by atoms with Crippen molar-refractivity contribution in [1.29, 1.82) is 0 Å². The number of aryl methyl sites for hydroxylation is 1. The van der Waals surface area contributed by atoms with Gasteiger partial charge in [0.15, 0.2) is 0 Å². The third-order valence-electron chi connectivity index (χ3n) is 3.76. The number of hydrogen-bond acceptors (Lipinski definition) is 1. The zero-order valence-corrected chi connectivity index (χ0v) is 12.0. The van der Waals surface area contributed by atoms with E-state index in [1.807, 2.05) is 0 Å². The van der Waals surface area contributed by atoms with Crippen LogP contribution in [0.15, 0.2) is 36.4 Å². The van der Waals surface area contributed by atoms with Gasteiger partial charge in [-0.1, -0.05) is 63.1 Å². The molecule has 0 heterocycles. The van der Waals surface area contributed by atoms with Crippen LogP contribution in [-0.4, -0.2) is 5.11 Å². The summed E-state index contributed by atoms with van der Waals surface area (Å²) >= 11 is 0. The normalized spacial score (nSPS) is 12.8. The van der Waals surface area contributed by atoms with Gasteiger partial charge in [-0.05, 0) is 41.2 Å². The Morgan fingerprint density at radius 3 is 2.53 bits per heavy atom. The van der Waals surface area contributed by atoms with Gasteiger partial charge in [-0.25, -0.2) is 0 Å². The van der Waals surface area contributed by atoms with E-state index in [1.165, 1.54) is 29.2 Å². The first kappa shape index (κ1) is 14.1. The van der Waals surface area contributed by atoms with Gasteiger partial charge in [0.2, 0.25) is 0 Å². The van der Waals surface area contributed by atoms with Crippen molar-refractivity contribution in [3.63, 3.8) is 0 Å². The maximum atomic E-state index is 10.5. The molecule has 0 radical (unpaired) electrons. The number of aliphatic hydroxyl groups excluding tert-OH is 1. The van der Waals surface area contributed by atoms with E-state index in [4.69, 9.17) is 0 Å². The number of unbranched alkanes of at least 4 members (excludes halogenated alkanes) is 1. The molecule has 0 saturated carbocycles. The van der Waals surface area contributed by atoms with Gasteiger partial charge in [0.05, 0.1) is 6.10 Å². The zero-order chi connectivity index (χ0) is 13.7. The third-order valence-corrected chi connectivity index (χ3v) is 3.76. The Bertz CT molecular complexity index is 530. The van der Waals surface area contributed by atoms with Crippen molar-refractivity contribution in [3.8, 4) is 0 Å². The van der Waals surface area contributed by atoms with E-state index in [9.17, 15) is 5.11 Å². The van der Waals surface area contributed by atoms with Crippen LogP contribution in [0.1, 0.15) is 56.8 Å². The van der Waals surface area contributed by atoms with Crippen molar-refractivity contribution in [2.45, 2.75) is 52.1 Å². The fraction of sp³-hybridized carbons (Fsp3) is 0.444. The SMILES string of the molecule is CCCCc1ccc2ccccc2c1C(O)CCC. The van der Waals surface area contributed by atoms with Gasteiger partial charge in [-0.15, -0.1) is 0 Å². The molecular formula is C18H24O. The average molecular weight is 256 g/mol. The predicted octanol–water partition coefficient (Wildman–Crippen LogP) is 5.02. The lowest BCUT2D eigenvalue weighted by atomic mass is 9.91. The number of benzene rings is 2. The summed E-state index contributed by atoms with van der Waals surface area (Å²) in [6.45, 7) is 4.34. The van der Waals surface area contributed by atoms with E-state index in [2.05, 4.69) is 50.2 Å². The Kier molecular flexibility index (Phi) is 4.98. The van der Waals surface area contributed by atoms with Crippen LogP contribution in [0.3, 0.4) is 0 Å². The van der Waals surface area contributed by atoms with Gasteiger partial charge < -0.3 is 5.11 Å². The topological polar surface area (TPSA) is 20.2 Å². The van der Waals surface area contributed by atoms with Crippen LogP contribution >= 0.6 is 0 Å². The van der Waals surface area contributed by atoms with Crippen molar-refractivity contribution in [2.24, 2.45) is 0 Å². The molecular weight excluding hydrogens is 232 g/mol. The molecule has 2 rings (SSSR count). The highest BCUT2D eigenvalue weighted by Crippen LogP contribution is 2.31. The molecule has 0 aliphatic heterocycles. The van der Waals surface area contributed by atoms with Crippen LogP contribution in [0.25, 0.3) is 10.8 Å². The Morgan fingerprint density at radius 2 is 1.79 bits per heavy atom. The summed E-state index contributed by atoms with van der Waals surface area (Å²) < 4.78 is 0. The number of hydrogen-bond donors (Lipinski definition) is 1. The smallest absolute Gasteiger partial charge is 0.0798 e. The molecule has 1 unspecified atom stereocenters. The second kappa shape index (κ2) is 6.72. The van der Waals surface area contributed by atoms with Crippen molar-refractivity contribution < 1.29 is 5.11 Å². The summed E-state index contributed by atoms with van der Waals surface area (Å²) in [5.74, 6) is 0. The molecule has 0 aliphatic rings. The fourth-order valence-corrected chi connectivity index (χ4v) is 2.74. The molecule has 1 nitrogen and oxygen atoms in total. The fourth-order valence-electron chi connectivity index (χ4n) is 2.74. The minimum atomic E-state index is -0.331. The maximum Gasteiger partial charge on any atom is 0.0798 e. The highest BCUT2D eigenvalue weighted by atomic mass is 16.3. The van der Waals surface area contributed by atoms with Gasteiger partial charge in [0.1, 0.15) is 0 Å². The Labute approximate surface area is 116 Å². The lowest BCUT2D eigenvalue weighted by molar-refractivity contribution is 0.167. The van der Waals surface area contributed by atoms with Gasteiger partial charge in [0.25, 0.3) is 0 Å². The van der Waals surface area contributed by atoms with Crippen LogP contribution in [0.2, 0.25) is 0 Å². The van der Waals surface area contributed by atoms with E-state index >= 15 is 0 Å². The van der Waals surface area contributed by atoms with Gasteiger partial charge in [0, 0.05) is 0 Å². The van der Waals surface area contributed by atoms with E-state index in [0.717, 1.165) is 24.8 Å². The Hall–Kier alpha value is -1.34. The highest BCUT2D eigenvalue weighted by molar-refractivity contribution is 5.87. The van der Waals surface area contributed by atoms with Crippen LogP contribution in [0.4, 0.5) is 0 Å². The van der Waals surface area contributed by atoms with E-state index in [0.29, 0.717) is 0 Å². The number of aliphatic hydroxyl groups is 1. The van der Waals surface area contributed by atoms with Crippen LogP contribution < -0.4 is 0 Å². The van der Waals surface area contributed by atoms with Crippen molar-refractivity contribution in [2.75, 3.05) is 0 Å². The van der Waals surface area contributed by atoms with E-state index in [1.54, 1.807) is 0 Å². The first-order valence-corrected chi connectivity index (χ1v) is 7.46. The molecule has 19 heavy (non-hydrogen) atoms. The van der Waals surface area contributed by atoms with Crippen LogP contribution in [-0.2, 0) is 6.42 Å². The van der Waals surface area contributed by atoms with Gasteiger partial charge >= 0.3 is 0 Å². The number of rotatable bonds is 6. The van der Waals surface area contributed by atoms with Gasteiger partial charge in [-0.3, -0.25) is 0 Å². The summed E-state index contributed by atoms with van der Waals surface area (Å²) in [6.07, 6.45) is 4.96. The van der Waals surface area contributed by atoms with Crippen molar-refractivity contribution in [1.82, 2.24) is 0 Å². The maximum absolute atomic E-state index is 10.5. The van der Waals surface area contributed by atoms with Crippen LogP contribution in [0.5, 0.6) is 0 Å². The summed E-state index contributed by atoms with van der Waals surface area (Å²) in [4.78, 5) is 0. The Morgan fingerprint density at radius 1 is 1.00 bits per heavy atom. The number of fused-ring (bicyclic) bond motifs is 1. The second-order valence-electron chi connectivity index (χ2n) is 5.27. The van der Waals surface area contributed by atoms with Crippen molar-refractivity contribution in [3.05, 3.63) is 47.5 Å². The predicted molar refractivity (Wildman–Crippen MR) is 82.4 cm³/mol. The zero-order valence-electron chi connectivity index (χ0n) is 12.0. The standard InChI is InChI=1S/C18H24O/c1-3-5-9-15-13-12-14-10-6-7-11-16(14)18(15)17(19)8-4-2/h6-7,10-13,17,19H,3-5,8-9H2,1-2H3. The largest absolute Gasteiger partial charge is 0.388 e. The lowest BCUT2D eigenvalue weighted by Crippen LogP contribution is -2.03. The second-order valence-corrected chi connectivity index (χ2v) is 5.27. The third kappa shape index (κ3) is 3.16. The summed E-state index contributed by atoms with van der Waals surface area (Å²) in [5.41, 5.74) is 2.48. The molecule has 102 valence electrons. The molecule has 0 aromatic heterocycles. The van der Waals surface area contributed by atoms with Crippen LogP contribution in [0, 0.1) is 0 Å². The van der Waals surface area contributed by atoms with Gasteiger partial charge in [-0.2, -0.15) is 0 Å². The minimum Gasteiger partial charge on any atom is -0.388 e. The molecule has 0 amide bonds. The minimum absolute atomic E-state index is 0.331. The first-order chi connectivity index (χ1) is 9.27.